The summed E-state index contributed by atoms with van der Waals surface area (Å²) in [6, 6.07) is 62.6. The zero-order valence-corrected chi connectivity index (χ0v) is 33.9. The number of hydrogen-bond acceptors (Lipinski definition) is 4. The van der Waals surface area contributed by atoms with Crippen LogP contribution < -0.4 is 0 Å². The predicted molar refractivity (Wildman–Crippen MR) is 260 cm³/mol. The molecule has 0 unspecified atom stereocenters. The summed E-state index contributed by atoms with van der Waals surface area (Å²) in [6.07, 6.45) is 0. The number of hydrogen-bond donors (Lipinski definition) is 0. The number of thiophene rings is 1. The highest BCUT2D eigenvalue weighted by atomic mass is 32.1. The summed E-state index contributed by atoms with van der Waals surface area (Å²) < 4.78 is 47.9. The normalized spacial score (nSPS) is 12.7. The predicted octanol–water partition coefficient (Wildman–Crippen LogP) is 15.3. The molecule has 0 aliphatic heterocycles. The van der Waals surface area contributed by atoms with Gasteiger partial charge in [0.2, 0.25) is 0 Å². The first-order chi connectivity index (χ1) is 32.8. The van der Waals surface area contributed by atoms with Gasteiger partial charge in [0.05, 0.1) is 17.9 Å². The molecule has 4 nitrogen and oxygen atoms in total. The molecule has 0 spiro atoms. The molecule has 9 aromatic carbocycles. The number of nitrogens with zero attached hydrogens (tertiary/aromatic N) is 4. The maximum Gasteiger partial charge on any atom is 0.165 e. The van der Waals surface area contributed by atoms with E-state index in [0.717, 1.165) is 86.6 Å². The molecule has 0 saturated carbocycles. The molecule has 3 heterocycles. The Labute approximate surface area is 369 Å². The van der Waals surface area contributed by atoms with Crippen molar-refractivity contribution in [1.82, 2.24) is 19.5 Å². The van der Waals surface area contributed by atoms with Crippen LogP contribution in [0.2, 0.25) is 0 Å². The number of para-hydroxylation sites is 2. The fraction of sp³-hybridized carbons (Fsp3) is 0. The van der Waals surface area contributed by atoms with Gasteiger partial charge in [0, 0.05) is 53.3 Å². The quantitative estimate of drug-likeness (QED) is 0.161. The second-order valence-electron chi connectivity index (χ2n) is 15.2. The largest absolute Gasteiger partial charge is 0.309 e. The van der Waals surface area contributed by atoms with Crippen LogP contribution in [0.3, 0.4) is 0 Å². The van der Waals surface area contributed by atoms with Crippen LogP contribution in [0, 0.1) is 0 Å². The molecule has 0 radical (unpaired) electrons. The molecule has 0 N–H and O–H groups in total. The standard InChI is InChI=1S/C57H36N4S/c1-4-14-37(15-5-1)39-24-26-40(27-25-39)41-28-30-43(31-29-41)56-58-55(42-18-8-3-9-19-42)59-57(60-56)50-36-45(61-51-22-12-10-20-46(51)47-21-11-13-23-52(47)61)35-49-48-34-44(38-16-6-2-7-17-38)32-33-53(48)62-54(49)50/h1-36H/i3D,8D,9D,18D,19D. The summed E-state index contributed by atoms with van der Waals surface area (Å²) >= 11 is 1.65. The first-order valence-corrected chi connectivity index (χ1v) is 21.2. The molecule has 0 fully saturated rings. The minimum Gasteiger partial charge on any atom is -0.309 e. The van der Waals surface area contributed by atoms with Crippen LogP contribution in [0.4, 0.5) is 0 Å². The smallest absolute Gasteiger partial charge is 0.165 e. The van der Waals surface area contributed by atoms with Gasteiger partial charge in [-0.2, -0.15) is 0 Å². The highest BCUT2D eigenvalue weighted by molar-refractivity contribution is 7.26. The van der Waals surface area contributed by atoms with Gasteiger partial charge in [-0.25, -0.2) is 15.0 Å². The second-order valence-corrected chi connectivity index (χ2v) is 16.3. The lowest BCUT2D eigenvalue weighted by atomic mass is 9.99. The summed E-state index contributed by atoms with van der Waals surface area (Å²) in [6.45, 7) is 0. The van der Waals surface area contributed by atoms with Crippen LogP contribution >= 0.6 is 11.3 Å². The third-order valence-electron chi connectivity index (χ3n) is 11.6. The maximum atomic E-state index is 9.02. The Bertz CT molecular complexity index is 3820. The first kappa shape index (κ1) is 31.0. The third-order valence-corrected chi connectivity index (χ3v) is 12.8. The Balaban J connectivity index is 1.10. The topological polar surface area (TPSA) is 43.6 Å². The van der Waals surface area contributed by atoms with E-state index in [2.05, 4.69) is 132 Å². The summed E-state index contributed by atoms with van der Waals surface area (Å²) in [5.41, 5.74) is 10.8. The maximum absolute atomic E-state index is 9.02. The van der Waals surface area contributed by atoms with E-state index in [-0.39, 0.29) is 23.5 Å². The molecule has 0 aliphatic rings. The lowest BCUT2D eigenvalue weighted by Gasteiger charge is -2.13. The molecular weight excluding hydrogens is 773 g/mol. The summed E-state index contributed by atoms with van der Waals surface area (Å²) in [5, 5.41) is 4.35. The van der Waals surface area contributed by atoms with Crippen molar-refractivity contribution in [1.29, 1.82) is 0 Å². The van der Waals surface area contributed by atoms with Gasteiger partial charge < -0.3 is 4.57 Å². The van der Waals surface area contributed by atoms with E-state index in [0.29, 0.717) is 17.2 Å². The van der Waals surface area contributed by atoms with Crippen LogP contribution in [0.5, 0.6) is 0 Å². The fourth-order valence-corrected chi connectivity index (χ4v) is 9.74. The van der Waals surface area contributed by atoms with Gasteiger partial charge in [-0.15, -0.1) is 11.3 Å². The molecule has 12 aromatic rings. The molecule has 5 heteroatoms. The summed E-state index contributed by atoms with van der Waals surface area (Å²) in [4.78, 5) is 15.2. The van der Waals surface area contributed by atoms with Gasteiger partial charge in [0.1, 0.15) is 0 Å². The van der Waals surface area contributed by atoms with Gasteiger partial charge in [-0.3, -0.25) is 0 Å². The van der Waals surface area contributed by atoms with Gasteiger partial charge in [0.25, 0.3) is 0 Å². The van der Waals surface area contributed by atoms with Crippen molar-refractivity contribution < 1.29 is 6.85 Å². The van der Waals surface area contributed by atoms with E-state index < -0.39 is 18.1 Å². The molecular formula is C57H36N4S. The van der Waals surface area contributed by atoms with E-state index in [4.69, 9.17) is 21.8 Å². The van der Waals surface area contributed by atoms with Crippen molar-refractivity contribution in [3.63, 3.8) is 0 Å². The Hall–Kier alpha value is -7.99. The Morgan fingerprint density at radius 1 is 0.371 bits per heavy atom. The number of aromatic nitrogens is 4. The van der Waals surface area contributed by atoms with Crippen molar-refractivity contribution in [3.8, 4) is 73.2 Å². The highest BCUT2D eigenvalue weighted by Crippen LogP contribution is 2.44. The Kier molecular flexibility index (Phi) is 7.46. The van der Waals surface area contributed by atoms with Crippen molar-refractivity contribution in [2.75, 3.05) is 0 Å². The van der Waals surface area contributed by atoms with E-state index >= 15 is 0 Å². The molecule has 290 valence electrons. The average Bonchev–Trinajstić information content (AvgIpc) is 3.93. The molecule has 0 bridgehead atoms. The highest BCUT2D eigenvalue weighted by Gasteiger charge is 2.21. The van der Waals surface area contributed by atoms with Gasteiger partial charge >= 0.3 is 0 Å². The first-order valence-electron chi connectivity index (χ1n) is 22.9. The Morgan fingerprint density at radius 3 is 1.47 bits per heavy atom. The van der Waals surface area contributed by atoms with Gasteiger partial charge in [-0.05, 0) is 69.8 Å². The van der Waals surface area contributed by atoms with E-state index in [1.807, 2.05) is 60.7 Å². The van der Waals surface area contributed by atoms with Crippen molar-refractivity contribution in [2.45, 2.75) is 0 Å². The van der Waals surface area contributed by atoms with Crippen LogP contribution in [0.15, 0.2) is 218 Å². The zero-order valence-electron chi connectivity index (χ0n) is 38.1. The summed E-state index contributed by atoms with van der Waals surface area (Å²) in [7, 11) is 0. The second kappa shape index (κ2) is 14.9. The van der Waals surface area contributed by atoms with Crippen LogP contribution in [0.25, 0.3) is 115 Å². The average molecular weight is 814 g/mol. The van der Waals surface area contributed by atoms with Gasteiger partial charge in [-0.1, -0.05) is 182 Å². The summed E-state index contributed by atoms with van der Waals surface area (Å²) in [5.74, 6) is 0.607. The van der Waals surface area contributed by atoms with Crippen LogP contribution in [-0.4, -0.2) is 19.5 Å². The monoisotopic (exact) mass is 813 g/mol. The molecule has 62 heavy (non-hydrogen) atoms. The lowest BCUT2D eigenvalue weighted by molar-refractivity contribution is 1.07. The van der Waals surface area contributed by atoms with E-state index in [1.165, 1.54) is 0 Å². The molecule has 0 aliphatic carbocycles. The number of rotatable bonds is 7. The third kappa shape index (κ3) is 6.26. The minimum atomic E-state index is -0.485. The van der Waals surface area contributed by atoms with Crippen molar-refractivity contribution >= 4 is 53.3 Å². The molecule has 0 amide bonds. The molecule has 12 rings (SSSR count). The van der Waals surface area contributed by atoms with E-state index in [1.54, 1.807) is 11.3 Å². The fourth-order valence-electron chi connectivity index (χ4n) is 8.57. The molecule has 0 saturated heterocycles. The number of benzene rings is 9. The Morgan fingerprint density at radius 2 is 0.855 bits per heavy atom. The van der Waals surface area contributed by atoms with E-state index in [9.17, 15) is 0 Å². The van der Waals surface area contributed by atoms with Crippen LogP contribution in [-0.2, 0) is 0 Å². The zero-order chi connectivity index (χ0) is 45.3. The molecule has 0 atom stereocenters. The SMILES string of the molecule is [2H]c1c([2H])c([2H])c(-c2nc(-c3ccc(-c4ccc(-c5ccccc5)cc4)cc3)nc(-c3cc(-n4c5ccccc5c5ccccc54)cc4c3sc3ccc(-c5ccccc5)cc34)n2)c([2H])c1[2H]. The van der Waals surface area contributed by atoms with Crippen molar-refractivity contribution in [3.05, 3.63) is 218 Å². The minimum absolute atomic E-state index is 0.0135. The van der Waals surface area contributed by atoms with Gasteiger partial charge in [0.15, 0.2) is 17.5 Å². The van der Waals surface area contributed by atoms with Crippen molar-refractivity contribution in [2.24, 2.45) is 0 Å². The van der Waals surface area contributed by atoms with Crippen LogP contribution in [0.1, 0.15) is 6.85 Å². The number of fused-ring (bicyclic) bond motifs is 6. The lowest BCUT2D eigenvalue weighted by Crippen LogP contribution is -2.01. The molecule has 3 aromatic heterocycles.